The van der Waals surface area contributed by atoms with E-state index in [4.69, 9.17) is 11.6 Å². The molecular formula is C24H27ClN4O. The Morgan fingerprint density at radius 3 is 2.63 bits per heavy atom. The number of hydrogen-bond acceptors (Lipinski definition) is 3. The molecule has 156 valence electrons. The number of likely N-dealkylation sites (tertiary alicyclic amines) is 2. The number of carbonyl (C=O) groups is 1. The molecule has 1 aromatic heterocycles. The minimum Gasteiger partial charge on any atom is -0.337 e. The molecule has 5 rings (SSSR count). The van der Waals surface area contributed by atoms with E-state index in [1.165, 1.54) is 25.9 Å². The summed E-state index contributed by atoms with van der Waals surface area (Å²) in [5.41, 5.74) is 3.91. The Balaban J connectivity index is 1.28. The zero-order valence-corrected chi connectivity index (χ0v) is 18.1. The summed E-state index contributed by atoms with van der Waals surface area (Å²) in [5.74, 6) is 1.11. The quantitative estimate of drug-likeness (QED) is 0.627. The van der Waals surface area contributed by atoms with E-state index in [1.54, 1.807) is 0 Å². The minimum absolute atomic E-state index is 0.155. The Morgan fingerprint density at radius 1 is 1.10 bits per heavy atom. The Labute approximate surface area is 182 Å². The van der Waals surface area contributed by atoms with Gasteiger partial charge in [-0.3, -0.25) is 9.69 Å². The molecule has 1 atom stereocenters. The van der Waals surface area contributed by atoms with Crippen molar-refractivity contribution in [3.63, 3.8) is 0 Å². The largest absolute Gasteiger partial charge is 0.337 e. The average Bonchev–Trinajstić information content (AvgIpc) is 3.48. The second-order valence-electron chi connectivity index (χ2n) is 8.51. The van der Waals surface area contributed by atoms with Gasteiger partial charge in [0.25, 0.3) is 5.91 Å². The number of fused-ring (bicyclic) bond motifs is 1. The first-order valence-electron chi connectivity index (χ1n) is 10.8. The van der Waals surface area contributed by atoms with Gasteiger partial charge in [-0.05, 0) is 75.2 Å². The van der Waals surface area contributed by atoms with Crippen molar-refractivity contribution in [1.82, 2.24) is 19.4 Å². The number of aryl methyl sites for hydroxylation is 1. The van der Waals surface area contributed by atoms with Crippen LogP contribution >= 0.6 is 11.6 Å². The van der Waals surface area contributed by atoms with Gasteiger partial charge >= 0.3 is 0 Å². The zero-order valence-electron chi connectivity index (χ0n) is 17.4. The maximum atomic E-state index is 13.0. The van der Waals surface area contributed by atoms with E-state index in [1.807, 2.05) is 42.2 Å². The first-order chi connectivity index (χ1) is 14.6. The summed E-state index contributed by atoms with van der Waals surface area (Å²) in [6, 6.07) is 14.4. The molecule has 2 aliphatic heterocycles. The number of amides is 1. The van der Waals surface area contributed by atoms with E-state index in [0.717, 1.165) is 54.0 Å². The number of nitrogens with zero attached hydrogens (tertiary/aromatic N) is 4. The topological polar surface area (TPSA) is 41.4 Å². The van der Waals surface area contributed by atoms with Gasteiger partial charge in [0, 0.05) is 36.3 Å². The van der Waals surface area contributed by atoms with Crippen LogP contribution in [-0.4, -0.2) is 57.5 Å². The van der Waals surface area contributed by atoms with Gasteiger partial charge in [0.05, 0.1) is 11.0 Å². The molecule has 2 saturated heterocycles. The fourth-order valence-electron chi connectivity index (χ4n) is 4.87. The first kappa shape index (κ1) is 19.6. The Hall–Kier alpha value is -2.37. The molecule has 0 radical (unpaired) electrons. The van der Waals surface area contributed by atoms with Gasteiger partial charge in [-0.1, -0.05) is 23.7 Å². The molecule has 30 heavy (non-hydrogen) atoms. The first-order valence-corrected chi connectivity index (χ1v) is 11.2. The predicted molar refractivity (Wildman–Crippen MR) is 120 cm³/mol. The van der Waals surface area contributed by atoms with Gasteiger partial charge in [0.2, 0.25) is 0 Å². The van der Waals surface area contributed by atoms with Crippen LogP contribution in [0.4, 0.5) is 0 Å². The minimum atomic E-state index is 0.155. The third-order valence-corrected chi connectivity index (χ3v) is 6.79. The smallest absolute Gasteiger partial charge is 0.253 e. The maximum absolute atomic E-state index is 13.0. The third-order valence-electron chi connectivity index (χ3n) is 6.55. The number of halogens is 1. The second-order valence-corrected chi connectivity index (χ2v) is 8.95. The molecule has 0 N–H and O–H groups in total. The van der Waals surface area contributed by atoms with E-state index in [9.17, 15) is 4.79 Å². The molecule has 3 aromatic rings. The predicted octanol–water partition coefficient (Wildman–Crippen LogP) is 4.36. The molecule has 0 saturated carbocycles. The van der Waals surface area contributed by atoms with Crippen LogP contribution in [-0.2, 0) is 6.54 Å². The lowest BCUT2D eigenvalue weighted by Gasteiger charge is -2.23. The molecule has 3 heterocycles. The van der Waals surface area contributed by atoms with Crippen LogP contribution in [0.25, 0.3) is 11.0 Å². The van der Waals surface area contributed by atoms with Gasteiger partial charge < -0.3 is 9.47 Å². The van der Waals surface area contributed by atoms with Gasteiger partial charge in [-0.2, -0.15) is 0 Å². The second kappa shape index (κ2) is 8.05. The van der Waals surface area contributed by atoms with Crippen molar-refractivity contribution in [3.8, 4) is 0 Å². The van der Waals surface area contributed by atoms with Crippen molar-refractivity contribution in [2.45, 2.75) is 38.8 Å². The number of carbonyl (C=O) groups excluding carboxylic acids is 1. The summed E-state index contributed by atoms with van der Waals surface area (Å²) in [4.78, 5) is 22.2. The molecule has 0 aliphatic carbocycles. The van der Waals surface area contributed by atoms with E-state index < -0.39 is 0 Å². The third kappa shape index (κ3) is 3.72. The van der Waals surface area contributed by atoms with Crippen LogP contribution in [0.3, 0.4) is 0 Å². The van der Waals surface area contributed by atoms with E-state index in [0.29, 0.717) is 11.1 Å². The number of hydrogen-bond donors (Lipinski definition) is 0. The molecule has 2 aromatic carbocycles. The summed E-state index contributed by atoms with van der Waals surface area (Å²) in [6.07, 6.45) is 3.69. The van der Waals surface area contributed by atoms with Crippen LogP contribution in [0.5, 0.6) is 0 Å². The highest BCUT2D eigenvalue weighted by molar-refractivity contribution is 6.31. The number of rotatable bonds is 4. The van der Waals surface area contributed by atoms with Gasteiger partial charge in [-0.25, -0.2) is 4.98 Å². The fraction of sp³-hybridized carbons (Fsp3) is 0.417. The van der Waals surface area contributed by atoms with Crippen molar-refractivity contribution in [2.75, 3.05) is 26.2 Å². The lowest BCUT2D eigenvalue weighted by atomic mass is 10.1. The van der Waals surface area contributed by atoms with Crippen LogP contribution in [0.1, 0.15) is 41.0 Å². The molecule has 0 spiro atoms. The molecule has 2 fully saturated rings. The highest BCUT2D eigenvalue weighted by Crippen LogP contribution is 2.23. The van der Waals surface area contributed by atoms with Gasteiger partial charge in [-0.15, -0.1) is 0 Å². The van der Waals surface area contributed by atoms with Crippen molar-refractivity contribution in [1.29, 1.82) is 0 Å². The Kier molecular flexibility index (Phi) is 5.25. The summed E-state index contributed by atoms with van der Waals surface area (Å²) in [5, 5.41) is 0.698. The van der Waals surface area contributed by atoms with Crippen LogP contribution in [0.15, 0.2) is 42.5 Å². The van der Waals surface area contributed by atoms with E-state index in [-0.39, 0.29) is 5.91 Å². The standard InChI is InChI=1S/C24H27ClN4O/c1-17-26-22-14-20(25)8-9-23(22)29(17)15-18-4-6-19(7-5-18)24(30)28-13-10-21(16-28)27-11-2-3-12-27/h4-9,14,21H,2-3,10-13,15-16H2,1H3. The molecule has 1 unspecified atom stereocenters. The monoisotopic (exact) mass is 422 g/mol. The van der Waals surface area contributed by atoms with E-state index >= 15 is 0 Å². The van der Waals surface area contributed by atoms with Crippen LogP contribution < -0.4 is 0 Å². The highest BCUT2D eigenvalue weighted by atomic mass is 35.5. The van der Waals surface area contributed by atoms with Crippen molar-refractivity contribution in [3.05, 3.63) is 64.4 Å². The lowest BCUT2D eigenvalue weighted by molar-refractivity contribution is 0.0780. The lowest BCUT2D eigenvalue weighted by Crippen LogP contribution is -2.37. The number of imidazole rings is 1. The summed E-state index contributed by atoms with van der Waals surface area (Å²) >= 11 is 6.10. The number of aromatic nitrogens is 2. The highest BCUT2D eigenvalue weighted by Gasteiger charge is 2.31. The molecule has 2 aliphatic rings. The van der Waals surface area contributed by atoms with Gasteiger partial charge in [0.15, 0.2) is 0 Å². The average molecular weight is 423 g/mol. The van der Waals surface area contributed by atoms with Crippen molar-refractivity contribution in [2.24, 2.45) is 0 Å². The van der Waals surface area contributed by atoms with Crippen LogP contribution in [0.2, 0.25) is 5.02 Å². The molecular weight excluding hydrogens is 396 g/mol. The maximum Gasteiger partial charge on any atom is 0.253 e. The zero-order chi connectivity index (χ0) is 20.7. The van der Waals surface area contributed by atoms with Gasteiger partial charge in [0.1, 0.15) is 5.82 Å². The molecule has 1 amide bonds. The fourth-order valence-corrected chi connectivity index (χ4v) is 5.04. The summed E-state index contributed by atoms with van der Waals surface area (Å²) in [7, 11) is 0. The van der Waals surface area contributed by atoms with E-state index in [2.05, 4.69) is 26.6 Å². The molecule has 6 heteroatoms. The number of benzene rings is 2. The molecule has 0 bridgehead atoms. The van der Waals surface area contributed by atoms with Crippen LogP contribution in [0, 0.1) is 6.92 Å². The Bertz CT molecular complexity index is 1070. The van der Waals surface area contributed by atoms with Crippen molar-refractivity contribution >= 4 is 28.5 Å². The normalized spacial score (nSPS) is 19.8. The Morgan fingerprint density at radius 2 is 1.87 bits per heavy atom. The summed E-state index contributed by atoms with van der Waals surface area (Å²) in [6.45, 7) is 6.84. The SMILES string of the molecule is Cc1nc2cc(Cl)ccc2n1Cc1ccc(C(=O)N2CCC(N3CCCC3)C2)cc1. The summed E-state index contributed by atoms with van der Waals surface area (Å²) < 4.78 is 2.18. The van der Waals surface area contributed by atoms with Crippen molar-refractivity contribution < 1.29 is 4.79 Å². The molecule has 5 nitrogen and oxygen atoms in total.